The molecule has 2 rings (SSSR count). The summed E-state index contributed by atoms with van der Waals surface area (Å²) in [6.45, 7) is 3.87. The molecule has 0 heterocycles. The standard InChI is InChI=1S/C15H17NO3S/c1-12(2)19-14-10-8-13(9-11-14)16-20(17,18)15-6-4-3-5-7-15/h3-12,16H,1-2H3. The lowest BCUT2D eigenvalue weighted by molar-refractivity contribution is 0.242. The summed E-state index contributed by atoms with van der Waals surface area (Å²) in [4.78, 5) is 0.238. The first-order valence-corrected chi connectivity index (χ1v) is 7.80. The van der Waals surface area contributed by atoms with Crippen LogP contribution in [0.3, 0.4) is 0 Å². The Morgan fingerprint density at radius 1 is 0.950 bits per heavy atom. The Balaban J connectivity index is 2.14. The van der Waals surface area contributed by atoms with Crippen LogP contribution in [-0.4, -0.2) is 14.5 Å². The molecule has 0 aromatic heterocycles. The van der Waals surface area contributed by atoms with Crippen LogP contribution in [-0.2, 0) is 10.0 Å². The molecule has 0 aliphatic rings. The second-order valence-electron chi connectivity index (χ2n) is 4.61. The third kappa shape index (κ3) is 3.74. The highest BCUT2D eigenvalue weighted by Crippen LogP contribution is 2.20. The number of nitrogens with one attached hydrogen (secondary N) is 1. The van der Waals surface area contributed by atoms with E-state index in [0.29, 0.717) is 11.4 Å². The van der Waals surface area contributed by atoms with E-state index in [2.05, 4.69) is 4.72 Å². The van der Waals surface area contributed by atoms with Gasteiger partial charge in [-0.25, -0.2) is 8.42 Å². The summed E-state index contributed by atoms with van der Waals surface area (Å²) >= 11 is 0. The second-order valence-corrected chi connectivity index (χ2v) is 6.29. The lowest BCUT2D eigenvalue weighted by atomic mass is 10.3. The highest BCUT2D eigenvalue weighted by molar-refractivity contribution is 7.92. The van der Waals surface area contributed by atoms with Crippen molar-refractivity contribution in [2.24, 2.45) is 0 Å². The van der Waals surface area contributed by atoms with Gasteiger partial charge in [0.05, 0.1) is 11.0 Å². The summed E-state index contributed by atoms with van der Waals surface area (Å²) in [5.41, 5.74) is 0.505. The number of ether oxygens (including phenoxy) is 1. The van der Waals surface area contributed by atoms with Crippen LogP contribution in [0.5, 0.6) is 5.75 Å². The maximum Gasteiger partial charge on any atom is 0.261 e. The fraction of sp³-hybridized carbons (Fsp3) is 0.200. The van der Waals surface area contributed by atoms with E-state index in [1.165, 1.54) is 0 Å². The summed E-state index contributed by atoms with van der Waals surface area (Å²) in [6, 6.07) is 15.1. The Morgan fingerprint density at radius 3 is 2.10 bits per heavy atom. The highest BCUT2D eigenvalue weighted by Gasteiger charge is 2.13. The van der Waals surface area contributed by atoms with Gasteiger partial charge in [-0.3, -0.25) is 4.72 Å². The molecule has 0 saturated carbocycles. The fourth-order valence-electron chi connectivity index (χ4n) is 1.69. The normalized spacial score (nSPS) is 11.3. The minimum Gasteiger partial charge on any atom is -0.491 e. The topological polar surface area (TPSA) is 55.4 Å². The Kier molecular flexibility index (Phi) is 4.29. The Hall–Kier alpha value is -2.01. The van der Waals surface area contributed by atoms with Crippen LogP contribution in [0.15, 0.2) is 59.5 Å². The molecule has 106 valence electrons. The van der Waals surface area contributed by atoms with E-state index in [1.807, 2.05) is 13.8 Å². The van der Waals surface area contributed by atoms with Crippen LogP contribution in [0.2, 0.25) is 0 Å². The van der Waals surface area contributed by atoms with Gasteiger partial charge in [0.15, 0.2) is 0 Å². The maximum atomic E-state index is 12.1. The van der Waals surface area contributed by atoms with Crippen molar-refractivity contribution in [1.82, 2.24) is 0 Å². The van der Waals surface area contributed by atoms with Gasteiger partial charge < -0.3 is 4.74 Å². The van der Waals surface area contributed by atoms with E-state index in [4.69, 9.17) is 4.74 Å². The summed E-state index contributed by atoms with van der Waals surface area (Å²) in [5, 5.41) is 0. The molecule has 4 nitrogen and oxygen atoms in total. The van der Waals surface area contributed by atoms with E-state index in [-0.39, 0.29) is 11.0 Å². The van der Waals surface area contributed by atoms with Gasteiger partial charge in [-0.15, -0.1) is 0 Å². The largest absolute Gasteiger partial charge is 0.491 e. The molecule has 0 amide bonds. The molecule has 0 aliphatic heterocycles. The highest BCUT2D eigenvalue weighted by atomic mass is 32.2. The number of anilines is 1. The summed E-state index contributed by atoms with van der Waals surface area (Å²) in [7, 11) is -3.54. The number of sulfonamides is 1. The van der Waals surface area contributed by atoms with Gasteiger partial charge in [-0.2, -0.15) is 0 Å². The zero-order chi connectivity index (χ0) is 14.6. The first kappa shape index (κ1) is 14.4. The van der Waals surface area contributed by atoms with Gasteiger partial charge in [0.25, 0.3) is 10.0 Å². The fourth-order valence-corrected chi connectivity index (χ4v) is 2.77. The van der Waals surface area contributed by atoms with Crippen molar-refractivity contribution in [3.8, 4) is 5.75 Å². The van der Waals surface area contributed by atoms with E-state index in [0.717, 1.165) is 0 Å². The van der Waals surface area contributed by atoms with Crippen LogP contribution < -0.4 is 9.46 Å². The zero-order valence-electron chi connectivity index (χ0n) is 11.4. The van der Waals surface area contributed by atoms with Crippen LogP contribution in [0.25, 0.3) is 0 Å². The summed E-state index contributed by atoms with van der Waals surface area (Å²) in [6.07, 6.45) is 0.0851. The van der Waals surface area contributed by atoms with Gasteiger partial charge >= 0.3 is 0 Å². The number of hydrogen-bond donors (Lipinski definition) is 1. The summed E-state index contributed by atoms with van der Waals surface area (Å²) < 4.78 is 32.3. The predicted octanol–water partition coefficient (Wildman–Crippen LogP) is 3.27. The van der Waals surface area contributed by atoms with Gasteiger partial charge in [-0.05, 0) is 50.2 Å². The SMILES string of the molecule is CC(C)Oc1ccc(NS(=O)(=O)c2ccccc2)cc1. The third-order valence-corrected chi connectivity index (χ3v) is 3.93. The lowest BCUT2D eigenvalue weighted by Gasteiger charge is -2.11. The molecule has 0 unspecified atom stereocenters. The molecule has 5 heteroatoms. The second kappa shape index (κ2) is 5.96. The number of benzene rings is 2. The van der Waals surface area contributed by atoms with E-state index in [9.17, 15) is 8.42 Å². The molecule has 1 N–H and O–H groups in total. The smallest absolute Gasteiger partial charge is 0.261 e. The van der Waals surface area contributed by atoms with Crippen molar-refractivity contribution in [3.63, 3.8) is 0 Å². The minimum atomic E-state index is -3.54. The first-order valence-electron chi connectivity index (χ1n) is 6.32. The molecule has 0 bridgehead atoms. The summed E-state index contributed by atoms with van der Waals surface area (Å²) in [5.74, 6) is 0.711. The molecular formula is C15H17NO3S. The number of hydrogen-bond acceptors (Lipinski definition) is 3. The Labute approximate surface area is 119 Å². The molecule has 0 atom stereocenters. The monoisotopic (exact) mass is 291 g/mol. The van der Waals surface area contributed by atoms with E-state index in [1.54, 1.807) is 54.6 Å². The van der Waals surface area contributed by atoms with Gasteiger partial charge in [-0.1, -0.05) is 18.2 Å². The van der Waals surface area contributed by atoms with Gasteiger partial charge in [0, 0.05) is 5.69 Å². The molecule has 2 aromatic carbocycles. The third-order valence-electron chi connectivity index (χ3n) is 2.53. The lowest BCUT2D eigenvalue weighted by Crippen LogP contribution is -2.12. The minimum absolute atomic E-state index is 0.0851. The molecule has 2 aromatic rings. The molecule has 0 aliphatic carbocycles. The van der Waals surface area contributed by atoms with Gasteiger partial charge in [0.2, 0.25) is 0 Å². The number of rotatable bonds is 5. The molecule has 20 heavy (non-hydrogen) atoms. The first-order chi connectivity index (χ1) is 9.47. The van der Waals surface area contributed by atoms with Crippen molar-refractivity contribution in [2.75, 3.05) is 4.72 Å². The average molecular weight is 291 g/mol. The van der Waals surface area contributed by atoms with E-state index >= 15 is 0 Å². The quantitative estimate of drug-likeness (QED) is 0.919. The predicted molar refractivity (Wildman–Crippen MR) is 79.5 cm³/mol. The van der Waals surface area contributed by atoms with Gasteiger partial charge in [0.1, 0.15) is 5.75 Å². The Bertz CT molecular complexity index is 649. The van der Waals surface area contributed by atoms with Crippen LogP contribution in [0.1, 0.15) is 13.8 Å². The molecule has 0 saturated heterocycles. The van der Waals surface area contributed by atoms with Crippen LogP contribution >= 0.6 is 0 Å². The molecule has 0 spiro atoms. The average Bonchev–Trinajstić information content (AvgIpc) is 2.41. The maximum absolute atomic E-state index is 12.1. The molecule has 0 fully saturated rings. The van der Waals surface area contributed by atoms with E-state index < -0.39 is 10.0 Å². The van der Waals surface area contributed by atoms with Crippen molar-refractivity contribution in [2.45, 2.75) is 24.8 Å². The Morgan fingerprint density at radius 2 is 1.55 bits per heavy atom. The van der Waals surface area contributed by atoms with Crippen LogP contribution in [0.4, 0.5) is 5.69 Å². The zero-order valence-corrected chi connectivity index (χ0v) is 12.2. The molecular weight excluding hydrogens is 274 g/mol. The molecule has 0 radical (unpaired) electrons. The van der Waals surface area contributed by atoms with Crippen molar-refractivity contribution in [3.05, 3.63) is 54.6 Å². The van der Waals surface area contributed by atoms with Crippen molar-refractivity contribution in [1.29, 1.82) is 0 Å². The van der Waals surface area contributed by atoms with Crippen molar-refractivity contribution >= 4 is 15.7 Å². The van der Waals surface area contributed by atoms with Crippen LogP contribution in [0, 0.1) is 0 Å². The van der Waals surface area contributed by atoms with Crippen molar-refractivity contribution < 1.29 is 13.2 Å².